The Bertz CT molecular complexity index is 655. The van der Waals surface area contributed by atoms with Crippen LogP contribution in [0.25, 0.3) is 0 Å². The molecule has 3 heterocycles. The van der Waals surface area contributed by atoms with Crippen molar-refractivity contribution < 1.29 is 0 Å². The number of rotatable bonds is 5. The summed E-state index contributed by atoms with van der Waals surface area (Å²) in [6, 6.07) is 4.16. The third-order valence-electron chi connectivity index (χ3n) is 4.37. The molecule has 0 unspecified atom stereocenters. The van der Waals surface area contributed by atoms with E-state index in [0.29, 0.717) is 0 Å². The number of aromatic nitrogens is 3. The zero-order chi connectivity index (χ0) is 16.9. The lowest BCUT2D eigenvalue weighted by Crippen LogP contribution is -2.36. The molecule has 0 bridgehead atoms. The Labute approximate surface area is 144 Å². The van der Waals surface area contributed by atoms with Crippen LogP contribution >= 0.6 is 0 Å². The van der Waals surface area contributed by atoms with Gasteiger partial charge in [0.2, 0.25) is 5.95 Å². The zero-order valence-electron chi connectivity index (χ0n) is 14.8. The van der Waals surface area contributed by atoms with Crippen LogP contribution in [0.1, 0.15) is 18.1 Å². The van der Waals surface area contributed by atoms with Gasteiger partial charge in [-0.25, -0.2) is 15.0 Å². The first-order valence-electron chi connectivity index (χ1n) is 8.57. The maximum absolute atomic E-state index is 4.63. The molecule has 128 valence electrons. The van der Waals surface area contributed by atoms with Gasteiger partial charge in [0.05, 0.1) is 0 Å². The summed E-state index contributed by atoms with van der Waals surface area (Å²) in [5, 5.41) is 0. The van der Waals surface area contributed by atoms with Crippen LogP contribution in [0, 0.1) is 0 Å². The predicted octanol–water partition coefficient (Wildman–Crippen LogP) is 1.82. The third kappa shape index (κ3) is 3.82. The Hall–Kier alpha value is -2.21. The van der Waals surface area contributed by atoms with Crippen molar-refractivity contribution in [3.8, 4) is 0 Å². The lowest BCUT2D eigenvalue weighted by molar-refractivity contribution is 0.413. The predicted molar refractivity (Wildman–Crippen MR) is 97.5 cm³/mol. The number of hydrogen-bond donors (Lipinski definition) is 0. The molecule has 1 aliphatic heterocycles. The number of fused-ring (bicyclic) bond motifs is 1. The number of anilines is 2. The first kappa shape index (κ1) is 16.6. The summed E-state index contributed by atoms with van der Waals surface area (Å²) in [6.07, 6.45) is 6.71. The van der Waals surface area contributed by atoms with Gasteiger partial charge in [-0.3, -0.25) is 0 Å². The average molecular weight is 326 g/mol. The van der Waals surface area contributed by atoms with Crippen molar-refractivity contribution >= 4 is 11.8 Å². The van der Waals surface area contributed by atoms with Crippen LogP contribution in [0.3, 0.4) is 0 Å². The van der Waals surface area contributed by atoms with E-state index in [1.165, 1.54) is 11.1 Å². The second-order valence-electron chi connectivity index (χ2n) is 6.44. The van der Waals surface area contributed by atoms with Gasteiger partial charge in [-0.05, 0) is 32.1 Å². The van der Waals surface area contributed by atoms with Gasteiger partial charge in [0.1, 0.15) is 5.82 Å². The molecule has 6 heteroatoms. The highest BCUT2D eigenvalue weighted by atomic mass is 15.3. The smallest absolute Gasteiger partial charge is 0.225 e. The fourth-order valence-corrected chi connectivity index (χ4v) is 2.87. The van der Waals surface area contributed by atoms with Crippen LogP contribution in [0.15, 0.2) is 30.7 Å². The molecule has 0 saturated carbocycles. The minimum atomic E-state index is 0.799. The summed E-state index contributed by atoms with van der Waals surface area (Å²) in [6.45, 7) is 6.73. The molecule has 0 saturated heterocycles. The molecule has 2 aromatic heterocycles. The van der Waals surface area contributed by atoms with Crippen molar-refractivity contribution in [1.82, 2.24) is 19.9 Å². The second-order valence-corrected chi connectivity index (χ2v) is 6.44. The Balaban J connectivity index is 1.82. The number of pyridine rings is 1. The molecule has 24 heavy (non-hydrogen) atoms. The standard InChI is InChI=1S/C18H26N6/c1-4-15-12-20-18(21-13-15)24-11-10-23(9-8-22(2)3)17-16(14-24)6-5-7-19-17/h5-7,12-13H,4,8-11,14H2,1-3H3. The first-order chi connectivity index (χ1) is 11.7. The minimum Gasteiger partial charge on any atom is -0.353 e. The number of hydrogen-bond acceptors (Lipinski definition) is 6. The van der Waals surface area contributed by atoms with Crippen LogP contribution in [0.4, 0.5) is 11.8 Å². The maximum Gasteiger partial charge on any atom is 0.225 e. The molecule has 0 atom stereocenters. The molecule has 0 N–H and O–H groups in total. The van der Waals surface area contributed by atoms with E-state index < -0.39 is 0 Å². The Morgan fingerprint density at radius 2 is 1.92 bits per heavy atom. The minimum absolute atomic E-state index is 0.799. The van der Waals surface area contributed by atoms with Crippen LogP contribution in [-0.2, 0) is 13.0 Å². The monoisotopic (exact) mass is 326 g/mol. The fourth-order valence-electron chi connectivity index (χ4n) is 2.87. The summed E-state index contributed by atoms with van der Waals surface area (Å²) in [7, 11) is 4.21. The normalized spacial score (nSPS) is 14.7. The van der Waals surface area contributed by atoms with Crippen molar-refractivity contribution in [3.05, 3.63) is 41.9 Å². The molecule has 3 rings (SSSR count). The van der Waals surface area contributed by atoms with Gasteiger partial charge in [-0.2, -0.15) is 0 Å². The summed E-state index contributed by atoms with van der Waals surface area (Å²) in [5.74, 6) is 1.89. The quantitative estimate of drug-likeness (QED) is 0.835. The van der Waals surface area contributed by atoms with E-state index in [1.54, 1.807) is 0 Å². The van der Waals surface area contributed by atoms with Crippen molar-refractivity contribution in [2.24, 2.45) is 0 Å². The third-order valence-corrected chi connectivity index (χ3v) is 4.37. The number of nitrogens with zero attached hydrogens (tertiary/aromatic N) is 6. The zero-order valence-corrected chi connectivity index (χ0v) is 14.8. The van der Waals surface area contributed by atoms with Crippen molar-refractivity contribution in [2.45, 2.75) is 19.9 Å². The topological polar surface area (TPSA) is 48.4 Å². The summed E-state index contributed by atoms with van der Waals surface area (Å²) in [5.41, 5.74) is 2.40. The number of aryl methyl sites for hydroxylation is 1. The number of likely N-dealkylation sites (N-methyl/N-ethyl adjacent to an activating group) is 1. The van der Waals surface area contributed by atoms with E-state index >= 15 is 0 Å². The molecule has 0 spiro atoms. The fraction of sp³-hybridized carbons (Fsp3) is 0.500. The average Bonchev–Trinajstić information content (AvgIpc) is 2.79. The Morgan fingerprint density at radius 1 is 1.12 bits per heavy atom. The molecular weight excluding hydrogens is 300 g/mol. The van der Waals surface area contributed by atoms with Gasteiger partial charge < -0.3 is 14.7 Å². The van der Waals surface area contributed by atoms with Crippen molar-refractivity contribution in [2.75, 3.05) is 50.1 Å². The van der Waals surface area contributed by atoms with Crippen LogP contribution in [0.5, 0.6) is 0 Å². The van der Waals surface area contributed by atoms with Gasteiger partial charge in [0.15, 0.2) is 0 Å². The van der Waals surface area contributed by atoms with Crippen LogP contribution < -0.4 is 9.80 Å². The van der Waals surface area contributed by atoms with Gasteiger partial charge in [-0.15, -0.1) is 0 Å². The summed E-state index contributed by atoms with van der Waals surface area (Å²) in [4.78, 5) is 20.6. The van der Waals surface area contributed by atoms with Gasteiger partial charge >= 0.3 is 0 Å². The van der Waals surface area contributed by atoms with Crippen LogP contribution in [-0.4, -0.2) is 60.1 Å². The van der Waals surface area contributed by atoms with Gasteiger partial charge in [0.25, 0.3) is 0 Å². The molecule has 0 aromatic carbocycles. The molecule has 0 radical (unpaired) electrons. The van der Waals surface area contributed by atoms with Crippen molar-refractivity contribution in [1.29, 1.82) is 0 Å². The molecule has 0 amide bonds. The molecular formula is C18H26N6. The van der Waals surface area contributed by atoms with E-state index in [4.69, 9.17) is 0 Å². The van der Waals surface area contributed by atoms with E-state index in [0.717, 1.165) is 50.9 Å². The second kappa shape index (κ2) is 7.57. The summed E-state index contributed by atoms with van der Waals surface area (Å²) < 4.78 is 0. The largest absolute Gasteiger partial charge is 0.353 e. The van der Waals surface area contributed by atoms with Gasteiger partial charge in [-0.1, -0.05) is 13.0 Å². The SMILES string of the molecule is CCc1cnc(N2CCN(CCN(C)C)c3ncccc3C2)nc1. The Kier molecular flexibility index (Phi) is 5.25. The lowest BCUT2D eigenvalue weighted by atomic mass is 10.2. The molecule has 2 aromatic rings. The first-order valence-corrected chi connectivity index (χ1v) is 8.57. The van der Waals surface area contributed by atoms with Crippen molar-refractivity contribution in [3.63, 3.8) is 0 Å². The van der Waals surface area contributed by atoms with E-state index in [9.17, 15) is 0 Å². The molecule has 0 aliphatic carbocycles. The van der Waals surface area contributed by atoms with E-state index in [-0.39, 0.29) is 0 Å². The molecule has 6 nitrogen and oxygen atoms in total. The van der Waals surface area contributed by atoms with E-state index in [1.807, 2.05) is 24.7 Å². The Morgan fingerprint density at radius 3 is 2.62 bits per heavy atom. The lowest BCUT2D eigenvalue weighted by Gasteiger charge is -2.25. The van der Waals surface area contributed by atoms with Gasteiger partial charge in [0, 0.05) is 56.9 Å². The summed E-state index contributed by atoms with van der Waals surface area (Å²) >= 11 is 0. The highest BCUT2D eigenvalue weighted by Crippen LogP contribution is 2.24. The van der Waals surface area contributed by atoms with E-state index in [2.05, 4.69) is 56.7 Å². The maximum atomic E-state index is 4.63. The molecule has 1 aliphatic rings. The highest BCUT2D eigenvalue weighted by molar-refractivity contribution is 5.51. The highest BCUT2D eigenvalue weighted by Gasteiger charge is 2.22. The van der Waals surface area contributed by atoms with Crippen LogP contribution in [0.2, 0.25) is 0 Å². The molecule has 0 fully saturated rings.